The smallest absolute Gasteiger partial charge is 0.247 e. The topological polar surface area (TPSA) is 45.2 Å². The molecule has 19 heavy (non-hydrogen) atoms. The van der Waals surface area contributed by atoms with Gasteiger partial charge in [-0.15, -0.1) is 0 Å². The average Bonchev–Trinajstić information content (AvgIpc) is 2.91. The zero-order valence-electron chi connectivity index (χ0n) is 11.0. The van der Waals surface area contributed by atoms with Crippen molar-refractivity contribution < 1.29 is 4.79 Å². The average molecular weight is 280 g/mol. The van der Waals surface area contributed by atoms with Gasteiger partial charge in [0.05, 0.1) is 17.6 Å². The minimum absolute atomic E-state index is 0.0750. The first-order valence-electron chi connectivity index (χ1n) is 6.95. The first-order valence-corrected chi connectivity index (χ1v) is 7.33. The summed E-state index contributed by atoms with van der Waals surface area (Å²) >= 11 is 6.03. The maximum absolute atomic E-state index is 12.2. The van der Waals surface area contributed by atoms with Crippen LogP contribution in [0.5, 0.6) is 0 Å². The molecular formula is C14H18ClN3O. The van der Waals surface area contributed by atoms with Gasteiger partial charge in [-0.1, -0.05) is 31.4 Å². The Bertz CT molecular complexity index is 499. The van der Waals surface area contributed by atoms with Crippen LogP contribution in [0, 0.1) is 0 Å². The molecule has 5 heteroatoms. The number of hydrogen-bond donors (Lipinski definition) is 1. The molecule has 0 bridgehead atoms. The summed E-state index contributed by atoms with van der Waals surface area (Å²) in [5, 5.41) is 3.42. The molecule has 1 fully saturated rings. The molecule has 1 N–H and O–H groups in total. The van der Waals surface area contributed by atoms with Crippen LogP contribution in [0.4, 0.5) is 11.4 Å². The van der Waals surface area contributed by atoms with Gasteiger partial charge in [0, 0.05) is 12.1 Å². The van der Waals surface area contributed by atoms with Crippen LogP contribution in [0.2, 0.25) is 5.15 Å². The first-order chi connectivity index (χ1) is 9.20. The highest BCUT2D eigenvalue weighted by atomic mass is 35.5. The Morgan fingerprint density at radius 1 is 1.47 bits per heavy atom. The highest BCUT2D eigenvalue weighted by Crippen LogP contribution is 2.39. The predicted octanol–water partition coefficient (Wildman–Crippen LogP) is 3.21. The molecular weight excluding hydrogens is 262 g/mol. The molecule has 0 aromatic carbocycles. The van der Waals surface area contributed by atoms with Crippen LogP contribution in [0.15, 0.2) is 12.3 Å². The van der Waals surface area contributed by atoms with Gasteiger partial charge in [-0.25, -0.2) is 4.98 Å². The number of carbonyl (C=O) groups is 1. The number of rotatable bonds is 2. The third-order valence-electron chi connectivity index (χ3n) is 4.13. The van der Waals surface area contributed by atoms with Crippen molar-refractivity contribution in [3.8, 4) is 0 Å². The second kappa shape index (κ2) is 5.00. The highest BCUT2D eigenvalue weighted by molar-refractivity contribution is 6.29. The van der Waals surface area contributed by atoms with E-state index in [1.165, 1.54) is 12.8 Å². The van der Waals surface area contributed by atoms with Gasteiger partial charge in [0.2, 0.25) is 5.91 Å². The van der Waals surface area contributed by atoms with Crippen LogP contribution in [0.3, 0.4) is 0 Å². The highest BCUT2D eigenvalue weighted by Gasteiger charge is 2.37. The number of nitrogens with zero attached hydrogens (tertiary/aromatic N) is 2. The maximum Gasteiger partial charge on any atom is 0.247 e. The van der Waals surface area contributed by atoms with Gasteiger partial charge in [0.15, 0.2) is 0 Å². The van der Waals surface area contributed by atoms with Crippen molar-refractivity contribution >= 4 is 28.9 Å². The molecule has 3 rings (SSSR count). The van der Waals surface area contributed by atoms with Crippen LogP contribution in [0.1, 0.15) is 39.0 Å². The van der Waals surface area contributed by atoms with Crippen LogP contribution in [0.25, 0.3) is 0 Å². The third-order valence-corrected chi connectivity index (χ3v) is 4.33. The fourth-order valence-electron chi connectivity index (χ4n) is 3.26. The van der Waals surface area contributed by atoms with Crippen LogP contribution in [-0.2, 0) is 4.79 Å². The molecule has 0 radical (unpaired) electrons. The van der Waals surface area contributed by atoms with Gasteiger partial charge in [-0.05, 0) is 19.3 Å². The molecule has 1 aromatic heterocycles. The minimum atomic E-state index is -0.0888. The molecule has 1 aliphatic heterocycles. The lowest BCUT2D eigenvalue weighted by Gasteiger charge is -2.41. The number of halogens is 1. The molecule has 0 saturated heterocycles. The van der Waals surface area contributed by atoms with E-state index in [0.29, 0.717) is 11.2 Å². The number of aromatic nitrogens is 1. The van der Waals surface area contributed by atoms with Crippen LogP contribution < -0.4 is 10.2 Å². The number of pyridine rings is 1. The second-order valence-corrected chi connectivity index (χ2v) is 5.67. The van der Waals surface area contributed by atoms with Gasteiger partial charge in [0.25, 0.3) is 0 Å². The van der Waals surface area contributed by atoms with Crippen molar-refractivity contribution in [1.82, 2.24) is 4.98 Å². The fraction of sp³-hybridized carbons (Fsp3) is 0.571. The molecule has 1 saturated carbocycles. The molecule has 1 unspecified atom stereocenters. The summed E-state index contributed by atoms with van der Waals surface area (Å²) < 4.78 is 0. The monoisotopic (exact) mass is 279 g/mol. The quantitative estimate of drug-likeness (QED) is 0.846. The molecule has 1 amide bonds. The summed E-state index contributed by atoms with van der Waals surface area (Å²) in [5.41, 5.74) is 1.81. The Morgan fingerprint density at radius 2 is 2.21 bits per heavy atom. The first kappa shape index (κ1) is 12.7. The van der Waals surface area contributed by atoms with Crippen LogP contribution in [-0.4, -0.2) is 23.0 Å². The summed E-state index contributed by atoms with van der Waals surface area (Å²) in [7, 11) is 0. The van der Waals surface area contributed by atoms with E-state index in [1.807, 2.05) is 6.07 Å². The summed E-state index contributed by atoms with van der Waals surface area (Å²) in [4.78, 5) is 18.6. The van der Waals surface area contributed by atoms with Crippen LogP contribution >= 0.6 is 11.6 Å². The zero-order valence-corrected chi connectivity index (χ0v) is 11.8. The molecule has 0 spiro atoms. The molecule has 4 nitrogen and oxygen atoms in total. The van der Waals surface area contributed by atoms with E-state index in [0.717, 1.165) is 30.6 Å². The van der Waals surface area contributed by atoms with Gasteiger partial charge < -0.3 is 10.2 Å². The van der Waals surface area contributed by atoms with E-state index in [2.05, 4.69) is 22.1 Å². The van der Waals surface area contributed by atoms with Crippen molar-refractivity contribution in [3.05, 3.63) is 17.4 Å². The summed E-state index contributed by atoms with van der Waals surface area (Å²) in [6, 6.07) is 2.24. The Balaban J connectivity index is 2.05. The van der Waals surface area contributed by atoms with Gasteiger partial charge >= 0.3 is 0 Å². The minimum Gasteiger partial charge on any atom is -0.355 e. The predicted molar refractivity (Wildman–Crippen MR) is 76.7 cm³/mol. The van der Waals surface area contributed by atoms with Gasteiger partial charge in [-0.3, -0.25) is 4.79 Å². The van der Waals surface area contributed by atoms with Crippen molar-refractivity contribution in [1.29, 1.82) is 0 Å². The summed E-state index contributed by atoms with van der Waals surface area (Å²) in [6.45, 7) is 2.06. The number of carbonyl (C=O) groups excluding carboxylic acids is 1. The molecule has 2 heterocycles. The Kier molecular flexibility index (Phi) is 3.35. The third kappa shape index (κ3) is 2.18. The fourth-order valence-corrected chi connectivity index (χ4v) is 3.41. The van der Waals surface area contributed by atoms with E-state index in [9.17, 15) is 4.79 Å². The molecule has 102 valence electrons. The standard InChI is InChI=1S/C14H18ClN3O/c1-2-11-14(19)17-10-8-16-13(15)7-12(10)18(11)9-5-3-4-6-9/h7-9,11H,2-6H2,1H3,(H,17,19). The van der Waals surface area contributed by atoms with Gasteiger partial charge in [-0.2, -0.15) is 0 Å². The molecule has 1 aliphatic carbocycles. The Hall–Kier alpha value is -1.29. The Labute approximate surface area is 118 Å². The van der Waals surface area contributed by atoms with Gasteiger partial charge in [0.1, 0.15) is 11.2 Å². The number of amides is 1. The lowest BCUT2D eigenvalue weighted by Crippen LogP contribution is -2.51. The number of nitrogens with one attached hydrogen (secondary N) is 1. The molecule has 2 aliphatic rings. The molecule has 1 aromatic rings. The Morgan fingerprint density at radius 3 is 2.89 bits per heavy atom. The van der Waals surface area contributed by atoms with E-state index >= 15 is 0 Å². The zero-order chi connectivity index (χ0) is 13.4. The summed E-state index contributed by atoms with van der Waals surface area (Å²) in [5.74, 6) is 0.0750. The van der Waals surface area contributed by atoms with Crippen molar-refractivity contribution in [2.45, 2.75) is 51.1 Å². The summed E-state index contributed by atoms with van der Waals surface area (Å²) in [6.07, 6.45) is 7.26. The van der Waals surface area contributed by atoms with E-state index in [1.54, 1.807) is 6.20 Å². The lowest BCUT2D eigenvalue weighted by atomic mass is 10.0. The maximum atomic E-state index is 12.2. The normalized spacial score (nSPS) is 23.4. The van der Waals surface area contributed by atoms with Crippen molar-refractivity contribution in [2.75, 3.05) is 10.2 Å². The second-order valence-electron chi connectivity index (χ2n) is 5.28. The van der Waals surface area contributed by atoms with E-state index in [4.69, 9.17) is 11.6 Å². The number of hydrogen-bond acceptors (Lipinski definition) is 3. The lowest BCUT2D eigenvalue weighted by molar-refractivity contribution is -0.117. The van der Waals surface area contributed by atoms with Crippen molar-refractivity contribution in [3.63, 3.8) is 0 Å². The van der Waals surface area contributed by atoms with E-state index < -0.39 is 0 Å². The largest absolute Gasteiger partial charge is 0.355 e. The van der Waals surface area contributed by atoms with E-state index in [-0.39, 0.29) is 11.9 Å². The molecule has 1 atom stereocenters. The number of anilines is 2. The SMILES string of the molecule is CCC1C(=O)Nc2cnc(Cl)cc2N1C1CCCC1. The van der Waals surface area contributed by atoms with Crippen molar-refractivity contribution in [2.24, 2.45) is 0 Å². The number of fused-ring (bicyclic) bond motifs is 1.